The second kappa shape index (κ2) is 9.34. The van der Waals surface area contributed by atoms with E-state index in [1.807, 2.05) is 57.2 Å². The van der Waals surface area contributed by atoms with Crippen LogP contribution in [0.25, 0.3) is 11.1 Å². The summed E-state index contributed by atoms with van der Waals surface area (Å²) in [6.07, 6.45) is -0.652. The van der Waals surface area contributed by atoms with Gasteiger partial charge in [0.15, 0.2) is 5.60 Å². The van der Waals surface area contributed by atoms with Gasteiger partial charge in [0.1, 0.15) is 6.61 Å². The number of aliphatic carboxylic acids is 1. The number of carboxylic acid groups (broad SMARTS) is 1. The summed E-state index contributed by atoms with van der Waals surface area (Å²) in [6, 6.07) is 15.6. The predicted octanol–water partition coefficient (Wildman–Crippen LogP) is 3.38. The van der Waals surface area contributed by atoms with Crippen LogP contribution in [-0.2, 0) is 14.3 Å². The van der Waals surface area contributed by atoms with Crippen LogP contribution in [0.3, 0.4) is 0 Å². The number of carbonyl (C=O) groups is 3. The fourth-order valence-corrected chi connectivity index (χ4v) is 4.84. The van der Waals surface area contributed by atoms with Crippen molar-refractivity contribution in [2.75, 3.05) is 19.7 Å². The first kappa shape index (κ1) is 24.7. The number of carboxylic acids is 1. The average molecular weight is 481 g/mol. The molecule has 0 radical (unpaired) electrons. The third kappa shape index (κ3) is 5.03. The van der Waals surface area contributed by atoms with Crippen LogP contribution in [0.1, 0.15) is 50.7 Å². The quantitative estimate of drug-likeness (QED) is 0.584. The molecule has 0 spiro atoms. The van der Waals surface area contributed by atoms with Crippen LogP contribution in [0.2, 0.25) is 0 Å². The zero-order chi connectivity index (χ0) is 25.4. The molecule has 8 heteroatoms. The molecule has 2 aromatic carbocycles. The Morgan fingerprint density at radius 3 is 2.17 bits per heavy atom. The Morgan fingerprint density at radius 1 is 1.09 bits per heavy atom. The van der Waals surface area contributed by atoms with Crippen molar-refractivity contribution in [3.05, 3.63) is 59.7 Å². The first-order chi connectivity index (χ1) is 16.5. The molecule has 0 bridgehead atoms. The number of likely N-dealkylation sites (tertiary alicyclic amines) is 1. The maximum atomic E-state index is 12.9. The lowest BCUT2D eigenvalue weighted by Gasteiger charge is -2.32. The number of β-amino-alcohol motifs (C(OH)–C–C–N with tert-alkyl or cyclic N) is 1. The first-order valence-electron chi connectivity index (χ1n) is 11.8. The number of nitrogens with zero attached hydrogens (tertiary/aromatic N) is 1. The van der Waals surface area contributed by atoms with E-state index in [0.29, 0.717) is 0 Å². The summed E-state index contributed by atoms with van der Waals surface area (Å²) in [6.45, 7) is 5.79. The number of nitrogens with one attached hydrogen (secondary N) is 1. The van der Waals surface area contributed by atoms with Crippen molar-refractivity contribution in [1.29, 1.82) is 0 Å². The van der Waals surface area contributed by atoms with Crippen molar-refractivity contribution in [2.24, 2.45) is 5.41 Å². The Hall–Kier alpha value is -3.39. The number of hydrogen-bond donors (Lipinski definition) is 3. The van der Waals surface area contributed by atoms with Gasteiger partial charge in [0.05, 0.1) is 6.54 Å². The van der Waals surface area contributed by atoms with Crippen LogP contribution in [0, 0.1) is 5.41 Å². The van der Waals surface area contributed by atoms with Crippen LogP contribution in [0.5, 0.6) is 0 Å². The zero-order valence-corrected chi connectivity index (χ0v) is 20.3. The molecule has 1 aliphatic carbocycles. The van der Waals surface area contributed by atoms with Crippen LogP contribution in [-0.4, -0.2) is 64.4 Å². The van der Waals surface area contributed by atoms with Crippen LogP contribution < -0.4 is 5.32 Å². The van der Waals surface area contributed by atoms with E-state index in [9.17, 15) is 24.6 Å². The minimum atomic E-state index is -1.92. The Bertz CT molecular complexity index is 1090. The smallest absolute Gasteiger partial charge is 0.407 e. The molecule has 186 valence electrons. The van der Waals surface area contributed by atoms with Crippen LogP contribution >= 0.6 is 0 Å². The van der Waals surface area contributed by atoms with Crippen LogP contribution in [0.15, 0.2) is 48.5 Å². The molecule has 0 saturated carbocycles. The van der Waals surface area contributed by atoms with Gasteiger partial charge in [-0.1, -0.05) is 69.3 Å². The molecule has 2 amide bonds. The molecule has 1 heterocycles. The summed E-state index contributed by atoms with van der Waals surface area (Å²) in [5, 5.41) is 22.2. The maximum Gasteiger partial charge on any atom is 0.407 e. The molecule has 1 aliphatic heterocycles. The minimum Gasteiger partial charge on any atom is -0.479 e. The summed E-state index contributed by atoms with van der Waals surface area (Å²) in [5.74, 6) is -1.72. The van der Waals surface area contributed by atoms with Crippen molar-refractivity contribution in [3.63, 3.8) is 0 Å². The number of carbonyl (C=O) groups excluding carboxylic acids is 2. The fourth-order valence-electron chi connectivity index (χ4n) is 4.84. The number of ether oxygens (including phenoxy) is 1. The Balaban J connectivity index is 1.39. The van der Waals surface area contributed by atoms with Crippen molar-refractivity contribution in [3.8, 4) is 11.1 Å². The normalized spacial score (nSPS) is 20.2. The predicted molar refractivity (Wildman–Crippen MR) is 130 cm³/mol. The number of aliphatic hydroxyl groups is 1. The van der Waals surface area contributed by atoms with Gasteiger partial charge in [-0.05, 0) is 27.7 Å². The fraction of sp³-hybridized carbons (Fsp3) is 0.444. The largest absolute Gasteiger partial charge is 0.479 e. The van der Waals surface area contributed by atoms with Gasteiger partial charge in [0.25, 0.3) is 0 Å². The van der Waals surface area contributed by atoms with Gasteiger partial charge in [-0.3, -0.25) is 4.79 Å². The SMILES string of the molecule is CC(C)(C)C(CC(=O)N1CCC(O)(C(=O)O)C1)NC(=O)OCC1c2ccccc2-c2ccccc21. The lowest BCUT2D eigenvalue weighted by Crippen LogP contribution is -2.48. The molecular weight excluding hydrogens is 448 g/mol. The molecule has 1 saturated heterocycles. The molecule has 4 rings (SSSR count). The van der Waals surface area contributed by atoms with Crippen molar-refractivity contribution in [1.82, 2.24) is 10.2 Å². The van der Waals surface area contributed by atoms with Crippen LogP contribution in [0.4, 0.5) is 4.79 Å². The highest BCUT2D eigenvalue weighted by Crippen LogP contribution is 2.44. The number of amides is 2. The number of rotatable bonds is 6. The van der Waals surface area contributed by atoms with Crippen molar-refractivity contribution < 1.29 is 29.3 Å². The third-order valence-corrected chi connectivity index (χ3v) is 7.06. The Kier molecular flexibility index (Phi) is 6.60. The van der Waals surface area contributed by atoms with E-state index in [2.05, 4.69) is 17.4 Å². The monoisotopic (exact) mass is 480 g/mol. The molecule has 2 unspecified atom stereocenters. The van der Waals surface area contributed by atoms with Gasteiger partial charge in [0, 0.05) is 31.3 Å². The van der Waals surface area contributed by atoms with E-state index >= 15 is 0 Å². The second-order valence-electron chi connectivity index (χ2n) is 10.5. The molecule has 2 atom stereocenters. The van der Waals surface area contributed by atoms with Gasteiger partial charge < -0.3 is 25.2 Å². The number of alkyl carbamates (subject to hydrolysis) is 1. The van der Waals surface area contributed by atoms with E-state index < -0.39 is 29.1 Å². The van der Waals surface area contributed by atoms with Gasteiger partial charge in [-0.2, -0.15) is 0 Å². The average Bonchev–Trinajstić information content (AvgIpc) is 3.36. The first-order valence-corrected chi connectivity index (χ1v) is 11.8. The van der Waals surface area contributed by atoms with E-state index in [1.54, 1.807) is 0 Å². The summed E-state index contributed by atoms with van der Waals surface area (Å²) in [7, 11) is 0. The Morgan fingerprint density at radius 2 is 1.66 bits per heavy atom. The van der Waals surface area contributed by atoms with Gasteiger partial charge in [-0.15, -0.1) is 0 Å². The molecule has 8 nitrogen and oxygen atoms in total. The summed E-state index contributed by atoms with van der Waals surface area (Å²) in [5.41, 5.74) is 2.13. The van der Waals surface area contributed by atoms with Gasteiger partial charge >= 0.3 is 12.1 Å². The number of hydrogen-bond acceptors (Lipinski definition) is 5. The van der Waals surface area contributed by atoms with Crippen molar-refractivity contribution >= 4 is 18.0 Å². The second-order valence-corrected chi connectivity index (χ2v) is 10.5. The molecule has 1 fully saturated rings. The zero-order valence-electron chi connectivity index (χ0n) is 20.3. The molecule has 2 aliphatic rings. The highest BCUT2D eigenvalue weighted by Gasteiger charge is 2.45. The molecule has 35 heavy (non-hydrogen) atoms. The molecule has 2 aromatic rings. The summed E-state index contributed by atoms with van der Waals surface area (Å²) in [4.78, 5) is 38.3. The van der Waals surface area contributed by atoms with E-state index in [1.165, 1.54) is 4.90 Å². The number of fused-ring (bicyclic) bond motifs is 3. The lowest BCUT2D eigenvalue weighted by atomic mass is 9.84. The van der Waals surface area contributed by atoms with Crippen molar-refractivity contribution in [2.45, 2.75) is 51.2 Å². The highest BCUT2D eigenvalue weighted by molar-refractivity contribution is 5.83. The molecular formula is C27H32N2O6. The standard InChI is InChI=1S/C27H32N2O6/c1-26(2,3)22(14-23(30)29-13-12-27(34,16-29)24(31)32)28-25(33)35-15-21-19-10-6-4-8-17(19)18-9-5-7-11-20(18)21/h4-11,21-22,34H,12-16H2,1-3H3,(H,28,33)(H,31,32). The lowest BCUT2D eigenvalue weighted by molar-refractivity contribution is -0.157. The summed E-state index contributed by atoms with van der Waals surface area (Å²) >= 11 is 0. The minimum absolute atomic E-state index is 0.0198. The Labute approximate surface area is 204 Å². The van der Waals surface area contributed by atoms with Gasteiger partial charge in [0.2, 0.25) is 5.91 Å². The summed E-state index contributed by atoms with van der Waals surface area (Å²) < 4.78 is 5.64. The highest BCUT2D eigenvalue weighted by atomic mass is 16.5. The maximum absolute atomic E-state index is 12.9. The van der Waals surface area contributed by atoms with E-state index in [0.717, 1.165) is 22.3 Å². The van der Waals surface area contributed by atoms with E-state index in [4.69, 9.17) is 4.74 Å². The topological polar surface area (TPSA) is 116 Å². The van der Waals surface area contributed by atoms with E-state index in [-0.39, 0.29) is 44.4 Å². The molecule has 3 N–H and O–H groups in total. The van der Waals surface area contributed by atoms with Gasteiger partial charge in [-0.25, -0.2) is 9.59 Å². The third-order valence-electron chi connectivity index (χ3n) is 7.06. The molecule has 0 aromatic heterocycles. The number of benzene rings is 2.